The molecule has 3 N–H and O–H groups in total. The van der Waals surface area contributed by atoms with Crippen LogP contribution in [0.1, 0.15) is 52.4 Å². The van der Waals surface area contributed by atoms with Gasteiger partial charge in [0.25, 0.3) is 0 Å². The van der Waals surface area contributed by atoms with Gasteiger partial charge >= 0.3 is 0 Å². The first-order chi connectivity index (χ1) is 8.20. The number of unbranched alkanes of at least 4 members (excludes halogenated alkanes) is 2. The van der Waals surface area contributed by atoms with Crippen molar-refractivity contribution in [3.05, 3.63) is 0 Å². The van der Waals surface area contributed by atoms with Crippen LogP contribution in [-0.2, 0) is 0 Å². The highest BCUT2D eigenvalue weighted by Gasteiger charge is 2.34. The van der Waals surface area contributed by atoms with Gasteiger partial charge in [-0.2, -0.15) is 0 Å². The predicted molar refractivity (Wildman–Crippen MR) is 87.7 cm³/mol. The second kappa shape index (κ2) is 9.83. The number of nitrogens with one attached hydrogen (secondary N) is 2. The second-order valence-electron chi connectivity index (χ2n) is 4.91. The molecule has 1 aliphatic carbocycles. The highest BCUT2D eigenvalue weighted by Crippen LogP contribution is 2.31. The third-order valence-corrected chi connectivity index (χ3v) is 3.23. The first-order valence-electron chi connectivity index (χ1n) is 6.95. The number of nitrogens with zero attached hydrogens (tertiary/aromatic N) is 1. The van der Waals surface area contributed by atoms with Crippen molar-refractivity contribution in [2.75, 3.05) is 19.6 Å². The molecule has 0 aliphatic heterocycles. The maximum atomic E-state index is 9.97. The van der Waals surface area contributed by atoms with Gasteiger partial charge in [-0.15, -0.1) is 24.0 Å². The fraction of sp³-hybridized carbons (Fsp3) is 0.923. The van der Waals surface area contributed by atoms with Crippen LogP contribution in [0.15, 0.2) is 4.99 Å². The molecule has 0 aromatic carbocycles. The minimum Gasteiger partial charge on any atom is -0.388 e. The molecule has 0 aromatic heterocycles. The van der Waals surface area contributed by atoms with Gasteiger partial charge < -0.3 is 15.7 Å². The van der Waals surface area contributed by atoms with E-state index in [1.807, 2.05) is 0 Å². The van der Waals surface area contributed by atoms with Gasteiger partial charge in [-0.3, -0.25) is 4.99 Å². The minimum atomic E-state index is -0.522. The van der Waals surface area contributed by atoms with E-state index in [-0.39, 0.29) is 24.0 Å². The molecule has 0 bridgehead atoms. The van der Waals surface area contributed by atoms with Gasteiger partial charge in [0, 0.05) is 13.1 Å². The number of hydrogen-bond acceptors (Lipinski definition) is 2. The largest absolute Gasteiger partial charge is 0.388 e. The Morgan fingerprint density at radius 2 is 1.94 bits per heavy atom. The van der Waals surface area contributed by atoms with Gasteiger partial charge in [-0.05, 0) is 32.6 Å². The molecule has 0 amide bonds. The zero-order chi connectivity index (χ0) is 12.6. The molecule has 1 fully saturated rings. The number of halogens is 1. The second-order valence-corrected chi connectivity index (χ2v) is 4.91. The van der Waals surface area contributed by atoms with Crippen molar-refractivity contribution in [2.24, 2.45) is 4.99 Å². The lowest BCUT2D eigenvalue weighted by molar-refractivity contribution is -0.0236. The molecule has 1 aliphatic rings. The normalized spacial score (nSPS) is 17.6. The fourth-order valence-corrected chi connectivity index (χ4v) is 1.89. The summed E-state index contributed by atoms with van der Waals surface area (Å²) in [6.07, 6.45) is 6.57. The van der Waals surface area contributed by atoms with E-state index in [4.69, 9.17) is 0 Å². The van der Waals surface area contributed by atoms with Crippen LogP contribution in [0.4, 0.5) is 0 Å². The topological polar surface area (TPSA) is 56.7 Å². The summed E-state index contributed by atoms with van der Waals surface area (Å²) < 4.78 is 0. The zero-order valence-electron chi connectivity index (χ0n) is 11.7. The van der Waals surface area contributed by atoms with Crippen LogP contribution in [0.25, 0.3) is 0 Å². The van der Waals surface area contributed by atoms with E-state index in [2.05, 4.69) is 29.5 Å². The van der Waals surface area contributed by atoms with Gasteiger partial charge in [0.2, 0.25) is 0 Å². The Balaban J connectivity index is 0.00000289. The SMILES string of the molecule is CCCCCNC(=NCC1(O)CCC1)NCC.I. The van der Waals surface area contributed by atoms with E-state index in [0.717, 1.165) is 38.3 Å². The summed E-state index contributed by atoms with van der Waals surface area (Å²) in [5.41, 5.74) is -0.522. The third kappa shape index (κ3) is 6.78. The Morgan fingerprint density at radius 3 is 2.44 bits per heavy atom. The Hall–Kier alpha value is -0.0400. The van der Waals surface area contributed by atoms with E-state index in [1.165, 1.54) is 19.3 Å². The van der Waals surface area contributed by atoms with E-state index in [1.54, 1.807) is 0 Å². The van der Waals surface area contributed by atoms with Crippen LogP contribution in [0.2, 0.25) is 0 Å². The van der Waals surface area contributed by atoms with Gasteiger partial charge in [0.15, 0.2) is 5.96 Å². The average Bonchev–Trinajstić information content (AvgIpc) is 2.29. The summed E-state index contributed by atoms with van der Waals surface area (Å²) in [6.45, 7) is 6.60. The van der Waals surface area contributed by atoms with Crippen LogP contribution in [-0.4, -0.2) is 36.3 Å². The number of hydrogen-bond donors (Lipinski definition) is 3. The molecule has 0 spiro atoms. The first-order valence-corrected chi connectivity index (χ1v) is 6.95. The quantitative estimate of drug-likeness (QED) is 0.279. The molecule has 1 saturated carbocycles. The van der Waals surface area contributed by atoms with Gasteiger partial charge in [-0.1, -0.05) is 19.8 Å². The Labute approximate surface area is 128 Å². The van der Waals surface area contributed by atoms with Crippen LogP contribution in [0, 0.1) is 0 Å². The predicted octanol–water partition coefficient (Wildman–Crippen LogP) is 2.26. The Kier molecular flexibility index (Phi) is 9.81. The van der Waals surface area contributed by atoms with Crippen LogP contribution >= 0.6 is 24.0 Å². The Bertz CT molecular complexity index is 242. The van der Waals surface area contributed by atoms with Gasteiger partial charge in [0.05, 0.1) is 12.1 Å². The highest BCUT2D eigenvalue weighted by atomic mass is 127. The summed E-state index contributed by atoms with van der Waals surface area (Å²) in [6, 6.07) is 0. The van der Waals surface area contributed by atoms with E-state index in [9.17, 15) is 5.11 Å². The van der Waals surface area contributed by atoms with Crippen molar-refractivity contribution < 1.29 is 5.11 Å². The zero-order valence-corrected chi connectivity index (χ0v) is 14.0. The fourth-order valence-electron chi connectivity index (χ4n) is 1.89. The molecular weight excluding hydrogens is 341 g/mol. The molecule has 18 heavy (non-hydrogen) atoms. The molecule has 0 saturated heterocycles. The average molecular weight is 369 g/mol. The van der Waals surface area contributed by atoms with Crippen LogP contribution in [0.5, 0.6) is 0 Å². The molecule has 1 rings (SSSR count). The number of aliphatic hydroxyl groups is 1. The molecule has 0 aromatic rings. The highest BCUT2D eigenvalue weighted by molar-refractivity contribution is 14.0. The summed E-state index contributed by atoms with van der Waals surface area (Å²) in [5, 5.41) is 16.5. The van der Waals surface area contributed by atoms with E-state index >= 15 is 0 Å². The van der Waals surface area contributed by atoms with Crippen molar-refractivity contribution in [1.82, 2.24) is 10.6 Å². The Morgan fingerprint density at radius 1 is 1.22 bits per heavy atom. The number of aliphatic imine (C=N–C) groups is 1. The van der Waals surface area contributed by atoms with Gasteiger partial charge in [0.1, 0.15) is 0 Å². The minimum absolute atomic E-state index is 0. The summed E-state index contributed by atoms with van der Waals surface area (Å²) in [7, 11) is 0. The summed E-state index contributed by atoms with van der Waals surface area (Å²) in [4.78, 5) is 4.45. The summed E-state index contributed by atoms with van der Waals surface area (Å²) in [5.74, 6) is 0.837. The molecule has 0 radical (unpaired) electrons. The molecule has 0 atom stereocenters. The summed E-state index contributed by atoms with van der Waals surface area (Å²) >= 11 is 0. The lowest BCUT2D eigenvalue weighted by atomic mass is 9.80. The van der Waals surface area contributed by atoms with Crippen molar-refractivity contribution in [3.63, 3.8) is 0 Å². The molecule has 108 valence electrons. The smallest absolute Gasteiger partial charge is 0.191 e. The molecule has 4 nitrogen and oxygen atoms in total. The molecule has 0 heterocycles. The first kappa shape index (κ1) is 18.0. The van der Waals surface area contributed by atoms with Gasteiger partial charge in [-0.25, -0.2) is 0 Å². The maximum Gasteiger partial charge on any atom is 0.191 e. The van der Waals surface area contributed by atoms with Crippen LogP contribution in [0.3, 0.4) is 0 Å². The van der Waals surface area contributed by atoms with Crippen molar-refractivity contribution in [3.8, 4) is 0 Å². The standard InChI is InChI=1S/C13H27N3O.HI/c1-3-5-6-10-15-12(14-4-2)16-11-13(17)8-7-9-13;/h17H,3-11H2,1-2H3,(H2,14,15,16);1H. The van der Waals surface area contributed by atoms with E-state index in [0.29, 0.717) is 6.54 Å². The third-order valence-electron chi connectivity index (χ3n) is 3.23. The van der Waals surface area contributed by atoms with Crippen molar-refractivity contribution in [1.29, 1.82) is 0 Å². The van der Waals surface area contributed by atoms with E-state index < -0.39 is 5.60 Å². The van der Waals surface area contributed by atoms with Crippen molar-refractivity contribution in [2.45, 2.75) is 58.0 Å². The molecular formula is C13H28IN3O. The monoisotopic (exact) mass is 369 g/mol. The lowest BCUT2D eigenvalue weighted by Crippen LogP contribution is -2.43. The van der Waals surface area contributed by atoms with Crippen molar-refractivity contribution >= 4 is 29.9 Å². The maximum absolute atomic E-state index is 9.97. The number of rotatable bonds is 7. The number of guanidine groups is 1. The van der Waals surface area contributed by atoms with Crippen LogP contribution < -0.4 is 10.6 Å². The molecule has 0 unspecified atom stereocenters. The molecule has 5 heteroatoms. The lowest BCUT2D eigenvalue weighted by Gasteiger charge is -2.35.